The van der Waals surface area contributed by atoms with Gasteiger partial charge >= 0.3 is 0 Å². The van der Waals surface area contributed by atoms with Crippen molar-refractivity contribution in [3.8, 4) is 0 Å². The van der Waals surface area contributed by atoms with Crippen LogP contribution in [-0.4, -0.2) is 50.6 Å². The normalized spacial score (nSPS) is 57.2. The van der Waals surface area contributed by atoms with Crippen molar-refractivity contribution < 1.29 is 25.2 Å². The van der Waals surface area contributed by atoms with Gasteiger partial charge in [-0.3, -0.25) is 4.79 Å². The number of ketones is 1. The molecule has 25 heavy (non-hydrogen) atoms. The Hall–Kier alpha value is -0.750. The van der Waals surface area contributed by atoms with E-state index in [0.717, 1.165) is 0 Å². The molecule has 0 aromatic heterocycles. The van der Waals surface area contributed by atoms with Crippen LogP contribution in [-0.2, 0) is 4.79 Å². The predicted molar refractivity (Wildman–Crippen MR) is 91.4 cm³/mol. The largest absolute Gasteiger partial charge is 0.392 e. The van der Waals surface area contributed by atoms with Gasteiger partial charge in [-0.25, -0.2) is 0 Å². The summed E-state index contributed by atoms with van der Waals surface area (Å²) in [6.45, 7) is 9.98. The number of carbonyl (C=O) groups excluding carboxylic acids is 1. The molecule has 0 aromatic rings. The maximum absolute atomic E-state index is 13.2. The number of hydrogen-bond acceptors (Lipinski definition) is 5. The van der Waals surface area contributed by atoms with E-state index in [-0.39, 0.29) is 29.0 Å². The Morgan fingerprint density at radius 2 is 1.64 bits per heavy atom. The summed E-state index contributed by atoms with van der Waals surface area (Å²) in [5.74, 6) is -0.924. The molecule has 2 bridgehead atoms. The molecule has 4 N–H and O–H groups in total. The lowest BCUT2D eigenvalue weighted by Crippen LogP contribution is -2.71. The molecular formula is C20H30O5. The van der Waals surface area contributed by atoms with Crippen molar-refractivity contribution in [2.45, 2.75) is 70.9 Å². The van der Waals surface area contributed by atoms with Crippen LogP contribution in [0.1, 0.15) is 46.5 Å². The quantitative estimate of drug-likeness (QED) is 0.489. The van der Waals surface area contributed by atoms with Crippen molar-refractivity contribution in [1.82, 2.24) is 0 Å². The summed E-state index contributed by atoms with van der Waals surface area (Å²) in [6.07, 6.45) is -1.62. The average Bonchev–Trinajstić information content (AvgIpc) is 2.65. The second-order valence-corrected chi connectivity index (χ2v) is 9.84. The minimum absolute atomic E-state index is 0.0329. The van der Waals surface area contributed by atoms with E-state index in [2.05, 4.69) is 20.4 Å². The minimum atomic E-state index is -1.28. The minimum Gasteiger partial charge on any atom is -0.392 e. The van der Waals surface area contributed by atoms with E-state index in [9.17, 15) is 25.2 Å². The first-order valence-electron chi connectivity index (χ1n) is 9.46. The molecule has 4 rings (SSSR count). The van der Waals surface area contributed by atoms with Crippen molar-refractivity contribution in [1.29, 1.82) is 0 Å². The fourth-order valence-electron chi connectivity index (χ4n) is 7.49. The van der Waals surface area contributed by atoms with Gasteiger partial charge in [0.05, 0.1) is 29.8 Å². The summed E-state index contributed by atoms with van der Waals surface area (Å²) in [7, 11) is 0. The Balaban J connectivity index is 1.92. The van der Waals surface area contributed by atoms with Crippen LogP contribution in [0.25, 0.3) is 0 Å². The topological polar surface area (TPSA) is 98.0 Å². The number of rotatable bonds is 0. The van der Waals surface area contributed by atoms with Gasteiger partial charge in [0, 0.05) is 11.3 Å². The van der Waals surface area contributed by atoms with Crippen LogP contribution in [0.5, 0.6) is 0 Å². The van der Waals surface area contributed by atoms with Crippen LogP contribution in [0.15, 0.2) is 12.2 Å². The molecule has 0 radical (unpaired) electrons. The number of aliphatic hydroxyl groups excluding tert-OH is 4. The van der Waals surface area contributed by atoms with Crippen LogP contribution in [0.2, 0.25) is 0 Å². The highest BCUT2D eigenvalue weighted by Crippen LogP contribution is 2.70. The van der Waals surface area contributed by atoms with Crippen molar-refractivity contribution in [2.75, 3.05) is 0 Å². The van der Waals surface area contributed by atoms with Gasteiger partial charge in [0.25, 0.3) is 0 Å². The Kier molecular flexibility index (Phi) is 3.49. The molecule has 0 saturated heterocycles. The summed E-state index contributed by atoms with van der Waals surface area (Å²) < 4.78 is 0. The standard InChI is InChI=1S/C20H30O5/c1-9-10-5-6-12-19(4)13(18(2,3)8-11(21)17(19)25)7-14(22)20(12,15(9)23)16(10)24/h10-14,16-17,21-22,24-25H,1,5-8H2,2-4H3/t10-,11+,12-,13+,14+,16?,17-,19-,20-/m0/s1. The lowest BCUT2D eigenvalue weighted by Gasteiger charge is -2.67. The van der Waals surface area contributed by atoms with Gasteiger partial charge < -0.3 is 20.4 Å². The zero-order valence-corrected chi connectivity index (χ0v) is 15.3. The van der Waals surface area contributed by atoms with Gasteiger partial charge in [0.2, 0.25) is 0 Å². The number of aliphatic hydroxyl groups is 4. The van der Waals surface area contributed by atoms with Gasteiger partial charge in [0.15, 0.2) is 5.78 Å². The van der Waals surface area contributed by atoms with Crippen LogP contribution in [0.3, 0.4) is 0 Å². The third-order valence-corrected chi connectivity index (χ3v) is 8.54. The molecule has 1 unspecified atom stereocenters. The van der Waals surface area contributed by atoms with Gasteiger partial charge in [-0.1, -0.05) is 27.4 Å². The Morgan fingerprint density at radius 1 is 1.00 bits per heavy atom. The van der Waals surface area contributed by atoms with Crippen LogP contribution >= 0.6 is 0 Å². The summed E-state index contributed by atoms with van der Waals surface area (Å²) in [5, 5.41) is 43.7. The number of hydrogen-bond donors (Lipinski definition) is 4. The van der Waals surface area contributed by atoms with Crippen molar-refractivity contribution in [3.05, 3.63) is 12.2 Å². The maximum atomic E-state index is 13.2. The van der Waals surface area contributed by atoms with Gasteiger partial charge in [0.1, 0.15) is 0 Å². The van der Waals surface area contributed by atoms with E-state index < -0.39 is 35.2 Å². The highest BCUT2D eigenvalue weighted by Gasteiger charge is 2.75. The van der Waals surface area contributed by atoms with E-state index in [1.54, 1.807) is 0 Å². The van der Waals surface area contributed by atoms with E-state index >= 15 is 0 Å². The number of carbonyl (C=O) groups is 1. The molecule has 4 aliphatic rings. The van der Waals surface area contributed by atoms with Gasteiger partial charge in [-0.05, 0) is 48.5 Å². The summed E-state index contributed by atoms with van der Waals surface area (Å²) >= 11 is 0. The molecule has 5 heteroatoms. The summed E-state index contributed by atoms with van der Waals surface area (Å²) in [5.41, 5.74) is -1.86. The second kappa shape index (κ2) is 4.94. The molecule has 0 aromatic carbocycles. The van der Waals surface area contributed by atoms with Crippen LogP contribution in [0, 0.1) is 34.0 Å². The molecule has 4 aliphatic carbocycles. The van der Waals surface area contributed by atoms with Crippen LogP contribution in [0.4, 0.5) is 0 Å². The number of fused-ring (bicyclic) bond motifs is 3. The molecular weight excluding hydrogens is 320 g/mol. The third kappa shape index (κ3) is 1.76. The van der Waals surface area contributed by atoms with E-state index in [4.69, 9.17) is 0 Å². The first-order valence-corrected chi connectivity index (χ1v) is 9.46. The average molecular weight is 350 g/mol. The third-order valence-electron chi connectivity index (χ3n) is 8.54. The fourth-order valence-corrected chi connectivity index (χ4v) is 7.49. The lowest BCUT2D eigenvalue weighted by atomic mass is 9.39. The van der Waals surface area contributed by atoms with E-state index in [1.807, 2.05) is 6.92 Å². The van der Waals surface area contributed by atoms with E-state index in [0.29, 0.717) is 31.3 Å². The monoisotopic (exact) mass is 350 g/mol. The number of Topliss-reactive ketones (excluding diaryl/α,β-unsaturated/α-hetero) is 1. The zero-order chi connectivity index (χ0) is 18.5. The molecule has 5 nitrogen and oxygen atoms in total. The molecule has 0 heterocycles. The summed E-state index contributed by atoms with van der Waals surface area (Å²) in [6, 6.07) is 0. The van der Waals surface area contributed by atoms with Crippen molar-refractivity contribution in [2.24, 2.45) is 34.0 Å². The Bertz CT molecular complexity index is 642. The zero-order valence-electron chi connectivity index (χ0n) is 15.3. The first-order chi connectivity index (χ1) is 11.5. The second-order valence-electron chi connectivity index (χ2n) is 9.84. The Morgan fingerprint density at radius 3 is 2.28 bits per heavy atom. The molecule has 4 fully saturated rings. The fraction of sp³-hybridized carbons (Fsp3) is 0.850. The van der Waals surface area contributed by atoms with Crippen LogP contribution < -0.4 is 0 Å². The smallest absolute Gasteiger partial charge is 0.170 e. The van der Waals surface area contributed by atoms with Gasteiger partial charge in [-0.15, -0.1) is 0 Å². The molecule has 1 spiro atoms. The Labute approximate surface area is 148 Å². The predicted octanol–water partition coefficient (Wildman–Crippen LogP) is 1.04. The maximum Gasteiger partial charge on any atom is 0.170 e. The van der Waals surface area contributed by atoms with Crippen molar-refractivity contribution >= 4 is 5.78 Å². The molecule has 4 saturated carbocycles. The lowest BCUT2D eigenvalue weighted by molar-refractivity contribution is -0.270. The van der Waals surface area contributed by atoms with Gasteiger partial charge in [-0.2, -0.15) is 0 Å². The molecule has 140 valence electrons. The van der Waals surface area contributed by atoms with Crippen molar-refractivity contribution in [3.63, 3.8) is 0 Å². The molecule has 0 aliphatic heterocycles. The molecule has 0 amide bonds. The van der Waals surface area contributed by atoms with E-state index in [1.165, 1.54) is 0 Å². The summed E-state index contributed by atoms with van der Waals surface area (Å²) in [4.78, 5) is 13.2. The SMILES string of the molecule is C=C1C(=O)[C@]23C(O)[C@H]1CC[C@H]2[C@@]1(C)[C@H](C[C@H]3O)C(C)(C)C[C@@H](O)[C@@H]1O. The highest BCUT2D eigenvalue weighted by atomic mass is 16.3. The first kappa shape index (κ1) is 17.7. The molecule has 9 atom stereocenters. The highest BCUT2D eigenvalue weighted by molar-refractivity contribution is 6.04.